The van der Waals surface area contributed by atoms with Gasteiger partial charge in [-0.1, -0.05) is 13.5 Å². The van der Waals surface area contributed by atoms with Gasteiger partial charge in [0.25, 0.3) is 5.91 Å². The summed E-state index contributed by atoms with van der Waals surface area (Å²) >= 11 is 0. The highest BCUT2D eigenvalue weighted by molar-refractivity contribution is 5.86. The highest BCUT2D eigenvalue weighted by Crippen LogP contribution is 1.83. The van der Waals surface area contributed by atoms with Crippen LogP contribution in [0.1, 0.15) is 13.8 Å². The van der Waals surface area contributed by atoms with Crippen LogP contribution in [0.4, 0.5) is 0 Å². The number of carbonyl (C=O) groups is 1. The Bertz CT molecular complexity index is 123. The first-order valence-corrected chi connectivity index (χ1v) is 3.43. The maximum atomic E-state index is 10.9. The predicted octanol–water partition coefficient (Wildman–Crippen LogP) is 0.545. The highest BCUT2D eigenvalue weighted by Gasteiger charge is 2.03. The number of nitrogens with one attached hydrogen (secondary N) is 1. The summed E-state index contributed by atoms with van der Waals surface area (Å²) in [5, 5.41) is 1.52. The number of carbonyl (C=O) groups excluding carboxylic acids is 1. The molecule has 0 spiro atoms. The molecule has 0 saturated carbocycles. The fraction of sp³-hybridized carbons (Fsp3) is 0.571. The van der Waals surface area contributed by atoms with Gasteiger partial charge in [-0.25, -0.2) is 5.43 Å². The van der Waals surface area contributed by atoms with E-state index in [1.807, 2.05) is 13.8 Å². The molecule has 0 aromatic carbocycles. The molecule has 0 aliphatic rings. The van der Waals surface area contributed by atoms with Gasteiger partial charge in [0.05, 0.1) is 0 Å². The van der Waals surface area contributed by atoms with Crippen LogP contribution in [-0.4, -0.2) is 24.0 Å². The van der Waals surface area contributed by atoms with E-state index < -0.39 is 0 Å². The summed E-state index contributed by atoms with van der Waals surface area (Å²) in [6, 6.07) is 0. The summed E-state index contributed by atoms with van der Waals surface area (Å²) in [7, 11) is 0. The van der Waals surface area contributed by atoms with Crippen molar-refractivity contribution in [3.63, 3.8) is 0 Å². The molecule has 0 aromatic heterocycles. The van der Waals surface area contributed by atoms with Gasteiger partial charge in [0.15, 0.2) is 0 Å². The zero-order chi connectivity index (χ0) is 7.98. The molecule has 0 heterocycles. The minimum absolute atomic E-state index is 0.0793. The molecule has 1 amide bonds. The van der Waals surface area contributed by atoms with Crippen LogP contribution >= 0.6 is 0 Å². The standard InChI is InChI=1S/C7H14N2O/c1-4-7(10)9(6-3)8-5-2/h4,8H,1,5-6H2,2-3H3. The second-order valence-corrected chi connectivity index (χ2v) is 1.80. The molecular formula is C7H14N2O. The van der Waals surface area contributed by atoms with Gasteiger partial charge in [0, 0.05) is 13.1 Å². The van der Waals surface area contributed by atoms with Crippen molar-refractivity contribution in [2.24, 2.45) is 0 Å². The Balaban J connectivity index is 3.79. The monoisotopic (exact) mass is 142 g/mol. The maximum Gasteiger partial charge on any atom is 0.260 e. The molecule has 0 atom stereocenters. The predicted molar refractivity (Wildman–Crippen MR) is 41.3 cm³/mol. The zero-order valence-corrected chi connectivity index (χ0v) is 6.55. The number of hydrogen-bond donors (Lipinski definition) is 1. The molecule has 0 bridgehead atoms. The fourth-order valence-electron chi connectivity index (χ4n) is 0.647. The summed E-state index contributed by atoms with van der Waals surface area (Å²) in [6.45, 7) is 8.65. The van der Waals surface area contributed by atoms with Crippen molar-refractivity contribution in [3.8, 4) is 0 Å². The lowest BCUT2D eigenvalue weighted by molar-refractivity contribution is -0.128. The number of rotatable bonds is 4. The fourth-order valence-corrected chi connectivity index (χ4v) is 0.647. The molecule has 0 fully saturated rings. The van der Waals surface area contributed by atoms with Crippen LogP contribution < -0.4 is 5.43 Å². The summed E-state index contributed by atoms with van der Waals surface area (Å²) < 4.78 is 0. The number of likely N-dealkylation sites (N-methyl/N-ethyl adjacent to an activating group) is 1. The Morgan fingerprint density at radius 2 is 2.30 bits per heavy atom. The summed E-state index contributed by atoms with van der Waals surface area (Å²) in [6.07, 6.45) is 1.30. The molecule has 0 unspecified atom stereocenters. The third kappa shape index (κ3) is 2.64. The molecule has 0 saturated heterocycles. The van der Waals surface area contributed by atoms with Crippen LogP contribution in [0.3, 0.4) is 0 Å². The molecule has 0 aliphatic carbocycles. The van der Waals surface area contributed by atoms with Crippen LogP contribution in [0.15, 0.2) is 12.7 Å². The van der Waals surface area contributed by atoms with Gasteiger partial charge in [0.1, 0.15) is 0 Å². The number of amides is 1. The molecule has 10 heavy (non-hydrogen) atoms. The SMILES string of the molecule is C=CC(=O)N(CC)NCC. The lowest BCUT2D eigenvalue weighted by Crippen LogP contribution is -2.41. The Kier molecular flexibility index (Phi) is 4.58. The molecular weight excluding hydrogens is 128 g/mol. The van der Waals surface area contributed by atoms with E-state index in [-0.39, 0.29) is 5.91 Å². The molecule has 3 nitrogen and oxygen atoms in total. The van der Waals surface area contributed by atoms with E-state index >= 15 is 0 Å². The van der Waals surface area contributed by atoms with Crippen LogP contribution in [0.2, 0.25) is 0 Å². The average Bonchev–Trinajstić information content (AvgIpc) is 1.99. The highest BCUT2D eigenvalue weighted by atomic mass is 16.2. The van der Waals surface area contributed by atoms with E-state index in [0.29, 0.717) is 6.54 Å². The number of hydrazine groups is 1. The van der Waals surface area contributed by atoms with Crippen LogP contribution in [0.5, 0.6) is 0 Å². The van der Waals surface area contributed by atoms with Crippen molar-refractivity contribution in [2.45, 2.75) is 13.8 Å². The summed E-state index contributed by atoms with van der Waals surface area (Å²) in [5.74, 6) is -0.0793. The largest absolute Gasteiger partial charge is 0.275 e. The Labute approximate surface area is 61.7 Å². The topological polar surface area (TPSA) is 32.3 Å². The number of nitrogens with zero attached hydrogens (tertiary/aromatic N) is 1. The summed E-state index contributed by atoms with van der Waals surface area (Å²) in [4.78, 5) is 10.9. The minimum atomic E-state index is -0.0793. The molecule has 1 N–H and O–H groups in total. The molecule has 0 radical (unpaired) electrons. The van der Waals surface area contributed by atoms with Gasteiger partial charge in [-0.3, -0.25) is 9.80 Å². The third-order valence-electron chi connectivity index (χ3n) is 1.11. The number of hydrogen-bond acceptors (Lipinski definition) is 2. The first-order valence-electron chi connectivity index (χ1n) is 3.43. The van der Waals surface area contributed by atoms with Crippen molar-refractivity contribution in [3.05, 3.63) is 12.7 Å². The van der Waals surface area contributed by atoms with Gasteiger partial charge < -0.3 is 0 Å². The summed E-state index contributed by atoms with van der Waals surface area (Å²) in [5.41, 5.74) is 2.90. The van der Waals surface area contributed by atoms with E-state index in [0.717, 1.165) is 6.54 Å². The van der Waals surface area contributed by atoms with E-state index in [1.54, 1.807) is 0 Å². The van der Waals surface area contributed by atoms with Crippen LogP contribution in [0.25, 0.3) is 0 Å². The minimum Gasteiger partial charge on any atom is -0.275 e. The van der Waals surface area contributed by atoms with Crippen molar-refractivity contribution in [2.75, 3.05) is 13.1 Å². The van der Waals surface area contributed by atoms with Crippen LogP contribution in [-0.2, 0) is 4.79 Å². The first kappa shape index (κ1) is 9.17. The maximum absolute atomic E-state index is 10.9. The Morgan fingerprint density at radius 1 is 1.70 bits per heavy atom. The molecule has 0 aliphatic heterocycles. The van der Waals surface area contributed by atoms with Crippen molar-refractivity contribution in [1.82, 2.24) is 10.4 Å². The normalized spacial score (nSPS) is 9.00. The molecule has 0 rings (SSSR count). The smallest absolute Gasteiger partial charge is 0.260 e. The van der Waals surface area contributed by atoms with Gasteiger partial charge >= 0.3 is 0 Å². The second kappa shape index (κ2) is 4.99. The first-order chi connectivity index (χ1) is 4.76. The van der Waals surface area contributed by atoms with E-state index in [2.05, 4.69) is 12.0 Å². The average molecular weight is 142 g/mol. The molecule has 3 heteroatoms. The zero-order valence-electron chi connectivity index (χ0n) is 6.55. The third-order valence-corrected chi connectivity index (χ3v) is 1.11. The van der Waals surface area contributed by atoms with Crippen molar-refractivity contribution < 1.29 is 4.79 Å². The second-order valence-electron chi connectivity index (χ2n) is 1.80. The van der Waals surface area contributed by atoms with Gasteiger partial charge in [-0.05, 0) is 13.0 Å². The van der Waals surface area contributed by atoms with Gasteiger partial charge in [0.2, 0.25) is 0 Å². The van der Waals surface area contributed by atoms with Gasteiger partial charge in [-0.15, -0.1) is 0 Å². The molecule has 0 aromatic rings. The van der Waals surface area contributed by atoms with E-state index in [9.17, 15) is 4.79 Å². The van der Waals surface area contributed by atoms with Crippen molar-refractivity contribution >= 4 is 5.91 Å². The lowest BCUT2D eigenvalue weighted by atomic mass is 10.5. The molecule has 58 valence electrons. The van der Waals surface area contributed by atoms with E-state index in [4.69, 9.17) is 0 Å². The lowest BCUT2D eigenvalue weighted by Gasteiger charge is -2.18. The quantitative estimate of drug-likeness (QED) is 0.459. The Hall–Kier alpha value is -0.830. The van der Waals surface area contributed by atoms with Gasteiger partial charge in [-0.2, -0.15) is 0 Å². The van der Waals surface area contributed by atoms with Crippen LogP contribution in [0, 0.1) is 0 Å². The van der Waals surface area contributed by atoms with Crippen molar-refractivity contribution in [1.29, 1.82) is 0 Å². The van der Waals surface area contributed by atoms with E-state index in [1.165, 1.54) is 11.1 Å². The Morgan fingerprint density at radius 3 is 2.60 bits per heavy atom.